The number of para-hydroxylation sites is 2. The fourth-order valence-electron chi connectivity index (χ4n) is 2.51. The SMILES string of the molecule is CCCn1c(NC(=O)/C=C/c2ccccc2)nc2ccccc21. The highest BCUT2D eigenvalue weighted by Crippen LogP contribution is 2.20. The fraction of sp³-hybridized carbons (Fsp3) is 0.158. The molecule has 0 unspecified atom stereocenters. The Balaban J connectivity index is 1.82. The summed E-state index contributed by atoms with van der Waals surface area (Å²) in [6, 6.07) is 17.7. The number of benzene rings is 2. The number of aryl methyl sites for hydroxylation is 1. The van der Waals surface area contributed by atoms with Gasteiger partial charge in [-0.15, -0.1) is 0 Å². The lowest BCUT2D eigenvalue weighted by Gasteiger charge is -2.07. The summed E-state index contributed by atoms with van der Waals surface area (Å²) >= 11 is 0. The number of aromatic nitrogens is 2. The Bertz CT molecular complexity index is 834. The quantitative estimate of drug-likeness (QED) is 0.721. The van der Waals surface area contributed by atoms with Crippen molar-refractivity contribution in [2.24, 2.45) is 0 Å². The number of carbonyl (C=O) groups excluding carboxylic acids is 1. The van der Waals surface area contributed by atoms with Crippen molar-refractivity contribution in [3.05, 3.63) is 66.2 Å². The molecule has 0 bridgehead atoms. The highest BCUT2D eigenvalue weighted by atomic mass is 16.1. The van der Waals surface area contributed by atoms with Crippen molar-refractivity contribution < 1.29 is 4.79 Å². The molecule has 1 N–H and O–H groups in total. The first-order chi connectivity index (χ1) is 11.3. The fourth-order valence-corrected chi connectivity index (χ4v) is 2.51. The van der Waals surface area contributed by atoms with Crippen molar-refractivity contribution in [3.63, 3.8) is 0 Å². The van der Waals surface area contributed by atoms with Crippen LogP contribution in [0.4, 0.5) is 5.95 Å². The minimum Gasteiger partial charge on any atom is -0.310 e. The van der Waals surface area contributed by atoms with Gasteiger partial charge in [-0.1, -0.05) is 49.4 Å². The van der Waals surface area contributed by atoms with E-state index in [1.807, 2.05) is 59.2 Å². The zero-order valence-electron chi connectivity index (χ0n) is 13.1. The molecule has 3 aromatic rings. The lowest BCUT2D eigenvalue weighted by molar-refractivity contribution is -0.111. The molecule has 0 aliphatic carbocycles. The molecule has 4 nitrogen and oxygen atoms in total. The molecule has 0 atom stereocenters. The topological polar surface area (TPSA) is 46.9 Å². The first-order valence-electron chi connectivity index (χ1n) is 7.77. The first kappa shape index (κ1) is 15.0. The van der Waals surface area contributed by atoms with Crippen molar-refractivity contribution >= 4 is 29.0 Å². The molecule has 23 heavy (non-hydrogen) atoms. The monoisotopic (exact) mass is 305 g/mol. The molecule has 0 aliphatic rings. The Morgan fingerprint density at radius 3 is 2.65 bits per heavy atom. The summed E-state index contributed by atoms with van der Waals surface area (Å²) < 4.78 is 2.05. The number of imidazole rings is 1. The molecule has 116 valence electrons. The third kappa shape index (κ3) is 3.48. The van der Waals surface area contributed by atoms with Crippen LogP contribution in [0.1, 0.15) is 18.9 Å². The van der Waals surface area contributed by atoms with Crippen LogP contribution >= 0.6 is 0 Å². The van der Waals surface area contributed by atoms with Crippen molar-refractivity contribution in [3.8, 4) is 0 Å². The Kier molecular flexibility index (Phi) is 4.52. The van der Waals surface area contributed by atoms with Gasteiger partial charge in [0.1, 0.15) is 0 Å². The Morgan fingerprint density at radius 2 is 1.87 bits per heavy atom. The van der Waals surface area contributed by atoms with Gasteiger partial charge in [-0.2, -0.15) is 0 Å². The third-order valence-electron chi connectivity index (χ3n) is 3.56. The maximum atomic E-state index is 12.2. The molecule has 3 rings (SSSR count). The van der Waals surface area contributed by atoms with Gasteiger partial charge in [0.15, 0.2) is 0 Å². The Labute approximate surface area is 135 Å². The molecular weight excluding hydrogens is 286 g/mol. The zero-order chi connectivity index (χ0) is 16.1. The predicted molar refractivity (Wildman–Crippen MR) is 94.1 cm³/mol. The maximum Gasteiger partial charge on any atom is 0.250 e. The van der Waals surface area contributed by atoms with Gasteiger partial charge in [0.2, 0.25) is 5.95 Å². The van der Waals surface area contributed by atoms with Gasteiger partial charge in [0.25, 0.3) is 5.91 Å². The second kappa shape index (κ2) is 6.92. The summed E-state index contributed by atoms with van der Waals surface area (Å²) in [4.78, 5) is 16.7. The van der Waals surface area contributed by atoms with Gasteiger partial charge in [0.05, 0.1) is 11.0 Å². The lowest BCUT2D eigenvalue weighted by Crippen LogP contribution is -2.13. The van der Waals surface area contributed by atoms with Crippen LogP contribution in [-0.2, 0) is 11.3 Å². The van der Waals surface area contributed by atoms with Crippen LogP contribution in [0.25, 0.3) is 17.1 Å². The average Bonchev–Trinajstić information content (AvgIpc) is 2.92. The second-order valence-corrected chi connectivity index (χ2v) is 5.31. The van der Waals surface area contributed by atoms with Gasteiger partial charge in [-0.25, -0.2) is 4.98 Å². The molecule has 1 heterocycles. The first-order valence-corrected chi connectivity index (χ1v) is 7.77. The normalized spacial score (nSPS) is 11.2. The summed E-state index contributed by atoms with van der Waals surface area (Å²) in [6.45, 7) is 2.92. The number of amides is 1. The molecule has 0 fully saturated rings. The van der Waals surface area contributed by atoms with Crippen molar-refractivity contribution in [2.75, 3.05) is 5.32 Å². The van der Waals surface area contributed by atoms with Crippen LogP contribution in [-0.4, -0.2) is 15.5 Å². The summed E-state index contributed by atoms with van der Waals surface area (Å²) in [5.74, 6) is 0.414. The molecular formula is C19H19N3O. The highest BCUT2D eigenvalue weighted by molar-refractivity contribution is 6.01. The summed E-state index contributed by atoms with van der Waals surface area (Å²) in [6.07, 6.45) is 4.30. The molecule has 0 aliphatic heterocycles. The number of hydrogen-bond acceptors (Lipinski definition) is 2. The van der Waals surface area contributed by atoms with Crippen LogP contribution in [0.15, 0.2) is 60.7 Å². The Morgan fingerprint density at radius 1 is 1.13 bits per heavy atom. The minimum absolute atomic E-state index is 0.179. The van der Waals surface area contributed by atoms with E-state index in [-0.39, 0.29) is 5.91 Å². The van der Waals surface area contributed by atoms with E-state index < -0.39 is 0 Å². The van der Waals surface area contributed by atoms with Crippen LogP contribution in [0.2, 0.25) is 0 Å². The average molecular weight is 305 g/mol. The van der Waals surface area contributed by atoms with Crippen molar-refractivity contribution in [1.29, 1.82) is 0 Å². The van der Waals surface area contributed by atoms with Gasteiger partial charge >= 0.3 is 0 Å². The van der Waals surface area contributed by atoms with Gasteiger partial charge < -0.3 is 4.57 Å². The predicted octanol–water partition coefficient (Wildman–Crippen LogP) is 4.10. The molecule has 1 aromatic heterocycles. The molecule has 0 spiro atoms. The second-order valence-electron chi connectivity index (χ2n) is 5.31. The third-order valence-corrected chi connectivity index (χ3v) is 3.56. The molecule has 0 saturated carbocycles. The van der Waals surface area contributed by atoms with Crippen LogP contribution < -0.4 is 5.32 Å². The largest absolute Gasteiger partial charge is 0.310 e. The zero-order valence-corrected chi connectivity index (χ0v) is 13.1. The highest BCUT2D eigenvalue weighted by Gasteiger charge is 2.11. The number of nitrogens with zero attached hydrogens (tertiary/aromatic N) is 2. The van der Waals surface area contributed by atoms with Gasteiger partial charge in [0, 0.05) is 12.6 Å². The summed E-state index contributed by atoms with van der Waals surface area (Å²) in [7, 11) is 0. The van der Waals surface area contributed by atoms with E-state index in [4.69, 9.17) is 0 Å². The molecule has 0 saturated heterocycles. The lowest BCUT2D eigenvalue weighted by atomic mass is 10.2. The van der Waals surface area contributed by atoms with E-state index in [0.717, 1.165) is 29.6 Å². The summed E-state index contributed by atoms with van der Waals surface area (Å²) in [5.41, 5.74) is 2.92. The number of rotatable bonds is 5. The van der Waals surface area contributed by atoms with E-state index >= 15 is 0 Å². The molecule has 4 heteroatoms. The van der Waals surface area contributed by atoms with E-state index in [2.05, 4.69) is 17.2 Å². The number of carbonyl (C=O) groups is 1. The van der Waals surface area contributed by atoms with Crippen molar-refractivity contribution in [2.45, 2.75) is 19.9 Å². The smallest absolute Gasteiger partial charge is 0.250 e. The molecule has 1 amide bonds. The van der Waals surface area contributed by atoms with E-state index in [9.17, 15) is 4.79 Å². The van der Waals surface area contributed by atoms with Gasteiger partial charge in [-0.05, 0) is 30.2 Å². The Hall–Kier alpha value is -2.88. The number of anilines is 1. The van der Waals surface area contributed by atoms with E-state index in [0.29, 0.717) is 5.95 Å². The molecule has 0 radical (unpaired) electrons. The minimum atomic E-state index is -0.179. The number of nitrogens with one attached hydrogen (secondary N) is 1. The number of hydrogen-bond donors (Lipinski definition) is 1. The maximum absolute atomic E-state index is 12.2. The van der Waals surface area contributed by atoms with Crippen LogP contribution in [0, 0.1) is 0 Å². The standard InChI is InChI=1S/C19H19N3O/c1-2-14-22-17-11-7-6-10-16(17)20-19(22)21-18(23)13-12-15-8-4-3-5-9-15/h3-13H,2,14H2,1H3,(H,20,21,23)/b13-12+. The molecule has 2 aromatic carbocycles. The van der Waals surface area contributed by atoms with Gasteiger partial charge in [-0.3, -0.25) is 10.1 Å². The summed E-state index contributed by atoms with van der Waals surface area (Å²) in [5, 5.41) is 2.88. The van der Waals surface area contributed by atoms with Crippen LogP contribution in [0.5, 0.6) is 0 Å². The van der Waals surface area contributed by atoms with Crippen LogP contribution in [0.3, 0.4) is 0 Å². The van der Waals surface area contributed by atoms with E-state index in [1.165, 1.54) is 6.08 Å². The number of fused-ring (bicyclic) bond motifs is 1. The van der Waals surface area contributed by atoms with Crippen molar-refractivity contribution in [1.82, 2.24) is 9.55 Å². The van der Waals surface area contributed by atoms with E-state index in [1.54, 1.807) is 6.08 Å².